The molecule has 3 heteroatoms. The molecule has 0 saturated heterocycles. The van der Waals surface area contributed by atoms with E-state index in [1.807, 2.05) is 36.8 Å². The van der Waals surface area contributed by atoms with E-state index < -0.39 is 0 Å². The van der Waals surface area contributed by atoms with Crippen LogP contribution in [0.2, 0.25) is 0 Å². The van der Waals surface area contributed by atoms with Gasteiger partial charge in [-0.1, -0.05) is 176 Å². The molecule has 0 N–H and O–H groups in total. The van der Waals surface area contributed by atoms with Crippen molar-refractivity contribution in [2.75, 3.05) is 0 Å². The summed E-state index contributed by atoms with van der Waals surface area (Å²) in [6, 6.07) is 76.8. The summed E-state index contributed by atoms with van der Waals surface area (Å²) in [5.74, 6) is 0. The highest BCUT2D eigenvalue weighted by Gasteiger charge is 2.16. The summed E-state index contributed by atoms with van der Waals surface area (Å²) in [6.07, 6.45) is 9.41. The average Bonchev–Trinajstić information content (AvgIpc) is 3.38. The molecule has 0 fully saturated rings. The van der Waals surface area contributed by atoms with Gasteiger partial charge in [-0.25, -0.2) is 0 Å². The molecule has 0 unspecified atom stereocenters. The molecule has 0 aliphatic heterocycles. The van der Waals surface area contributed by atoms with E-state index in [2.05, 4.69) is 211 Å². The normalized spacial score (nSPS) is 11.1. The topological polar surface area (TPSA) is 38.7 Å². The largest absolute Gasteiger partial charge is 0.256 e. The van der Waals surface area contributed by atoms with E-state index in [1.165, 1.54) is 72.3 Å². The molecule has 0 amide bonds. The van der Waals surface area contributed by atoms with Crippen LogP contribution in [0.25, 0.3) is 78.3 Å². The molecule has 0 spiro atoms. The fourth-order valence-electron chi connectivity index (χ4n) is 8.79. The molecule has 3 heterocycles. The quantitative estimate of drug-likeness (QED) is 0.116. The average molecular weight is 836 g/mol. The Morgan fingerprint density at radius 1 is 0.277 bits per heavy atom. The molecule has 10 aromatic rings. The van der Waals surface area contributed by atoms with Crippen LogP contribution in [0.3, 0.4) is 0 Å². The molecule has 0 atom stereocenters. The first kappa shape index (κ1) is 41.0. The van der Waals surface area contributed by atoms with Crippen molar-refractivity contribution < 1.29 is 0 Å². The Bertz CT molecular complexity index is 3140. The van der Waals surface area contributed by atoms with Gasteiger partial charge in [0.05, 0.1) is 17.1 Å². The summed E-state index contributed by atoms with van der Waals surface area (Å²) >= 11 is 0. The second-order valence-electron chi connectivity index (χ2n) is 16.8. The van der Waals surface area contributed by atoms with Crippen LogP contribution in [0.4, 0.5) is 0 Å². The van der Waals surface area contributed by atoms with Crippen molar-refractivity contribution in [2.45, 2.75) is 32.6 Å². The van der Waals surface area contributed by atoms with Crippen molar-refractivity contribution in [3.8, 4) is 78.3 Å². The van der Waals surface area contributed by atoms with E-state index >= 15 is 0 Å². The molecule has 0 aliphatic rings. The Labute approximate surface area is 382 Å². The van der Waals surface area contributed by atoms with Crippen LogP contribution in [0.15, 0.2) is 231 Å². The van der Waals surface area contributed by atoms with Crippen LogP contribution < -0.4 is 0 Å². The molecular weight excluding hydrogens is 787 g/mol. The second kappa shape index (κ2) is 19.2. The number of aromatic nitrogens is 3. The third-order valence-corrected chi connectivity index (χ3v) is 12.3. The third-order valence-electron chi connectivity index (χ3n) is 12.3. The van der Waals surface area contributed by atoms with E-state index in [0.29, 0.717) is 0 Å². The standard InChI is InChI=1S/C62H49N3/c1-44-17-36-62(65-43-44)53-28-24-46(25-29-53)19-21-48-39-47(20-18-45-22-26-52(27-23-45)60-15-7-9-37-63-60)40-55(41-48)56-13-5-6-14-57(56)58-35-34-54(61-16-8-10-38-64-61)42-59(58)51-32-30-50(31-33-51)49-11-3-2-4-12-49/h2-17,22-43H,18-21H2,1H3. The maximum Gasteiger partial charge on any atom is 0.0702 e. The first-order chi connectivity index (χ1) is 32.1. The van der Waals surface area contributed by atoms with Crippen molar-refractivity contribution in [1.82, 2.24) is 15.0 Å². The number of pyridine rings is 3. The minimum Gasteiger partial charge on any atom is -0.256 e. The summed E-state index contributed by atoms with van der Waals surface area (Å²) in [5.41, 5.74) is 22.4. The Kier molecular flexibility index (Phi) is 12.1. The summed E-state index contributed by atoms with van der Waals surface area (Å²) in [4.78, 5) is 14.0. The first-order valence-corrected chi connectivity index (χ1v) is 22.6. The zero-order chi connectivity index (χ0) is 43.8. The highest BCUT2D eigenvalue weighted by atomic mass is 14.7. The van der Waals surface area contributed by atoms with Crippen LogP contribution in [0, 0.1) is 6.92 Å². The summed E-state index contributed by atoms with van der Waals surface area (Å²) < 4.78 is 0. The van der Waals surface area contributed by atoms with Crippen LogP contribution in [0.1, 0.15) is 27.8 Å². The molecular formula is C62H49N3. The maximum absolute atomic E-state index is 4.74. The number of hydrogen-bond donors (Lipinski definition) is 0. The van der Waals surface area contributed by atoms with Crippen molar-refractivity contribution in [2.24, 2.45) is 0 Å². The predicted molar refractivity (Wildman–Crippen MR) is 270 cm³/mol. The van der Waals surface area contributed by atoms with Crippen LogP contribution in [0.5, 0.6) is 0 Å². The molecule has 3 nitrogen and oxygen atoms in total. The highest BCUT2D eigenvalue weighted by molar-refractivity contribution is 5.93. The molecule has 0 saturated carbocycles. The van der Waals surface area contributed by atoms with Gasteiger partial charge in [-0.15, -0.1) is 0 Å². The smallest absolute Gasteiger partial charge is 0.0702 e. The van der Waals surface area contributed by atoms with Gasteiger partial charge in [-0.05, 0) is 141 Å². The lowest BCUT2D eigenvalue weighted by molar-refractivity contribution is 0.931. The van der Waals surface area contributed by atoms with Crippen molar-refractivity contribution in [3.63, 3.8) is 0 Å². The van der Waals surface area contributed by atoms with Crippen molar-refractivity contribution in [1.29, 1.82) is 0 Å². The molecule has 312 valence electrons. The van der Waals surface area contributed by atoms with E-state index in [-0.39, 0.29) is 0 Å². The van der Waals surface area contributed by atoms with Crippen LogP contribution in [-0.4, -0.2) is 15.0 Å². The number of hydrogen-bond acceptors (Lipinski definition) is 3. The monoisotopic (exact) mass is 835 g/mol. The Hall–Kier alpha value is -8.01. The zero-order valence-electron chi connectivity index (χ0n) is 36.6. The molecule has 10 rings (SSSR count). The molecule has 0 bridgehead atoms. The molecule has 65 heavy (non-hydrogen) atoms. The van der Waals surface area contributed by atoms with Crippen LogP contribution in [-0.2, 0) is 25.7 Å². The fourth-order valence-corrected chi connectivity index (χ4v) is 8.79. The second-order valence-corrected chi connectivity index (χ2v) is 16.8. The first-order valence-electron chi connectivity index (χ1n) is 22.6. The highest BCUT2D eigenvalue weighted by Crippen LogP contribution is 2.41. The van der Waals surface area contributed by atoms with Gasteiger partial charge in [0.25, 0.3) is 0 Å². The molecule has 0 radical (unpaired) electrons. The van der Waals surface area contributed by atoms with Gasteiger partial charge < -0.3 is 0 Å². The molecule has 0 aliphatic carbocycles. The zero-order valence-corrected chi connectivity index (χ0v) is 36.6. The fraction of sp³-hybridized carbons (Fsp3) is 0.0806. The van der Waals surface area contributed by atoms with E-state index in [0.717, 1.165) is 59.5 Å². The summed E-state index contributed by atoms with van der Waals surface area (Å²) in [7, 11) is 0. The Morgan fingerprint density at radius 3 is 1.34 bits per heavy atom. The number of nitrogens with zero attached hydrogens (tertiary/aromatic N) is 3. The molecule has 3 aromatic heterocycles. The Morgan fingerprint density at radius 2 is 0.754 bits per heavy atom. The van der Waals surface area contributed by atoms with Gasteiger partial charge in [-0.2, -0.15) is 0 Å². The van der Waals surface area contributed by atoms with Crippen molar-refractivity contribution in [3.05, 3.63) is 259 Å². The molecule has 7 aromatic carbocycles. The van der Waals surface area contributed by atoms with Crippen LogP contribution >= 0.6 is 0 Å². The van der Waals surface area contributed by atoms with Gasteiger partial charge in [0.1, 0.15) is 0 Å². The van der Waals surface area contributed by atoms with E-state index in [9.17, 15) is 0 Å². The van der Waals surface area contributed by atoms with E-state index in [1.54, 1.807) is 0 Å². The predicted octanol–water partition coefficient (Wildman–Crippen LogP) is 15.4. The lowest BCUT2D eigenvalue weighted by Gasteiger charge is -2.18. The Balaban J connectivity index is 1.01. The lowest BCUT2D eigenvalue weighted by atomic mass is 9.86. The van der Waals surface area contributed by atoms with E-state index in [4.69, 9.17) is 4.98 Å². The third kappa shape index (κ3) is 9.66. The lowest BCUT2D eigenvalue weighted by Crippen LogP contribution is -1.98. The van der Waals surface area contributed by atoms with Gasteiger partial charge >= 0.3 is 0 Å². The SMILES string of the molecule is Cc1ccc(-c2ccc(CCc3cc(CCc4ccc(-c5ccccn5)cc4)cc(-c4ccccc4-c4ccc(-c5ccccn5)cc4-c4ccc(-c5ccccc5)cc4)c3)cc2)nc1. The summed E-state index contributed by atoms with van der Waals surface area (Å²) in [5, 5.41) is 0. The van der Waals surface area contributed by atoms with Crippen molar-refractivity contribution >= 4 is 0 Å². The maximum atomic E-state index is 4.74. The van der Waals surface area contributed by atoms with Gasteiger partial charge in [0, 0.05) is 35.3 Å². The number of aryl methyl sites for hydroxylation is 5. The number of benzene rings is 7. The number of rotatable bonds is 13. The van der Waals surface area contributed by atoms with Gasteiger partial charge in [0.2, 0.25) is 0 Å². The van der Waals surface area contributed by atoms with Gasteiger partial charge in [-0.3, -0.25) is 15.0 Å². The minimum atomic E-state index is 0.932. The summed E-state index contributed by atoms with van der Waals surface area (Å²) in [6.45, 7) is 2.07. The minimum absolute atomic E-state index is 0.932. The van der Waals surface area contributed by atoms with Gasteiger partial charge in [0.15, 0.2) is 0 Å².